The van der Waals surface area contributed by atoms with Crippen LogP contribution in [0.1, 0.15) is 31.0 Å². The van der Waals surface area contributed by atoms with Crippen LogP contribution in [0.2, 0.25) is 0 Å². The molecule has 0 bridgehead atoms. The lowest BCUT2D eigenvalue weighted by molar-refractivity contribution is 0.175. The van der Waals surface area contributed by atoms with Crippen molar-refractivity contribution >= 4 is 10.8 Å². The Morgan fingerprint density at radius 1 is 0.875 bits per heavy atom. The molecule has 1 aliphatic rings. The van der Waals surface area contributed by atoms with Crippen LogP contribution in [0.5, 0.6) is 28.7 Å². The number of hydrogen-bond donors (Lipinski definition) is 1. The van der Waals surface area contributed by atoms with Crippen LogP contribution in [0.25, 0.3) is 21.9 Å². The first-order chi connectivity index (χ1) is 15.4. The summed E-state index contributed by atoms with van der Waals surface area (Å²) in [7, 11) is 8.65. The van der Waals surface area contributed by atoms with Gasteiger partial charge in [-0.2, -0.15) is 0 Å². The van der Waals surface area contributed by atoms with E-state index in [1.807, 2.05) is 30.3 Å². The van der Waals surface area contributed by atoms with Crippen LogP contribution in [-0.2, 0) is 6.42 Å². The van der Waals surface area contributed by atoms with Gasteiger partial charge in [-0.3, -0.25) is 4.90 Å². The predicted molar refractivity (Wildman–Crippen MR) is 127 cm³/mol. The predicted octanol–water partition coefficient (Wildman–Crippen LogP) is 5.18. The summed E-state index contributed by atoms with van der Waals surface area (Å²) < 4.78 is 23.1. The van der Waals surface area contributed by atoms with Gasteiger partial charge < -0.3 is 24.1 Å². The molecule has 1 N–H and O–H groups in total. The van der Waals surface area contributed by atoms with Gasteiger partial charge in [-0.1, -0.05) is 12.1 Å². The first-order valence-corrected chi connectivity index (χ1v) is 10.7. The molecule has 6 heteroatoms. The van der Waals surface area contributed by atoms with Gasteiger partial charge in [-0.15, -0.1) is 0 Å². The minimum Gasteiger partial charge on any atom is -0.507 e. The molecule has 170 valence electrons. The molecule has 2 atom stereocenters. The summed E-state index contributed by atoms with van der Waals surface area (Å²) in [5, 5.41) is 12.9. The monoisotopic (exact) mass is 437 g/mol. The zero-order chi connectivity index (χ0) is 23.2. The molecule has 32 heavy (non-hydrogen) atoms. The molecular formula is C26H31NO5. The number of ether oxygens (including phenoxy) is 4. The van der Waals surface area contributed by atoms with E-state index in [-0.39, 0.29) is 11.8 Å². The summed E-state index contributed by atoms with van der Waals surface area (Å²) >= 11 is 0. The molecule has 0 amide bonds. The first kappa shape index (κ1) is 22.1. The van der Waals surface area contributed by atoms with Crippen molar-refractivity contribution in [1.29, 1.82) is 0 Å². The van der Waals surface area contributed by atoms with Crippen LogP contribution in [0.15, 0.2) is 30.3 Å². The minimum absolute atomic E-state index is 0.132. The lowest BCUT2D eigenvalue weighted by atomic mass is 9.84. The summed E-state index contributed by atoms with van der Waals surface area (Å²) in [4.78, 5) is 2.33. The number of hydrogen-bond acceptors (Lipinski definition) is 6. The molecule has 3 aromatic carbocycles. The van der Waals surface area contributed by atoms with Crippen LogP contribution in [0.4, 0.5) is 0 Å². The van der Waals surface area contributed by atoms with Crippen LogP contribution >= 0.6 is 0 Å². The second-order valence-electron chi connectivity index (χ2n) is 8.31. The standard InChI is InChI=1S/C26H31NO5/c1-14-11-16-12-18(28)25(26(32-7)22(16)15(2)27(14)3)24-17-9-8-10-19(29-4)23(17)20(30-5)13-21(24)31-6/h8-10,12-15,28H,11H2,1-7H3. The van der Waals surface area contributed by atoms with E-state index in [0.29, 0.717) is 34.6 Å². The topological polar surface area (TPSA) is 60.4 Å². The number of nitrogens with zero attached hydrogens (tertiary/aromatic N) is 1. The van der Waals surface area contributed by atoms with Gasteiger partial charge >= 0.3 is 0 Å². The molecule has 3 aromatic rings. The van der Waals surface area contributed by atoms with Gasteiger partial charge in [0.15, 0.2) is 0 Å². The van der Waals surface area contributed by atoms with Crippen LogP contribution in [0, 0.1) is 0 Å². The second-order valence-corrected chi connectivity index (χ2v) is 8.31. The third kappa shape index (κ3) is 3.21. The van der Waals surface area contributed by atoms with Crippen LogP contribution < -0.4 is 18.9 Å². The second kappa shape index (κ2) is 8.43. The van der Waals surface area contributed by atoms with Crippen LogP contribution in [0.3, 0.4) is 0 Å². The molecule has 0 aliphatic carbocycles. The Balaban J connectivity index is 2.14. The van der Waals surface area contributed by atoms with Gasteiger partial charge in [0.2, 0.25) is 0 Å². The van der Waals surface area contributed by atoms with Crippen LogP contribution in [-0.4, -0.2) is 51.5 Å². The lowest BCUT2D eigenvalue weighted by Crippen LogP contribution is -2.38. The van der Waals surface area contributed by atoms with E-state index in [9.17, 15) is 5.11 Å². The molecule has 1 aliphatic heterocycles. The van der Waals surface area contributed by atoms with Crippen molar-refractivity contribution in [2.75, 3.05) is 35.5 Å². The number of methoxy groups -OCH3 is 4. The van der Waals surface area contributed by atoms with Crippen molar-refractivity contribution in [3.05, 3.63) is 41.5 Å². The molecule has 0 spiro atoms. The smallest absolute Gasteiger partial charge is 0.135 e. The third-order valence-electron chi connectivity index (χ3n) is 6.79. The number of benzene rings is 3. The maximum atomic E-state index is 11.3. The van der Waals surface area contributed by atoms with Crippen molar-refractivity contribution in [3.63, 3.8) is 0 Å². The number of aromatic hydroxyl groups is 1. The summed E-state index contributed by atoms with van der Waals surface area (Å²) in [5.74, 6) is 2.73. The molecule has 0 saturated carbocycles. The maximum Gasteiger partial charge on any atom is 0.135 e. The quantitative estimate of drug-likeness (QED) is 0.593. The Hall–Kier alpha value is -3.12. The third-order valence-corrected chi connectivity index (χ3v) is 6.79. The Morgan fingerprint density at radius 2 is 1.56 bits per heavy atom. The summed E-state index contributed by atoms with van der Waals surface area (Å²) in [6.07, 6.45) is 0.842. The highest BCUT2D eigenvalue weighted by Crippen LogP contribution is 2.54. The molecule has 0 fully saturated rings. The van der Waals surface area contributed by atoms with Gasteiger partial charge in [-0.05, 0) is 45.0 Å². The molecule has 0 radical (unpaired) electrons. The Bertz CT molecular complexity index is 1170. The fourth-order valence-corrected chi connectivity index (χ4v) is 4.98. The van der Waals surface area contributed by atoms with Gasteiger partial charge in [-0.25, -0.2) is 0 Å². The van der Waals surface area contributed by atoms with Gasteiger partial charge in [0, 0.05) is 34.7 Å². The van der Waals surface area contributed by atoms with E-state index in [1.54, 1.807) is 28.4 Å². The van der Waals surface area contributed by atoms with Crippen molar-refractivity contribution in [2.24, 2.45) is 0 Å². The van der Waals surface area contributed by atoms with Gasteiger partial charge in [0.1, 0.15) is 28.7 Å². The lowest BCUT2D eigenvalue weighted by Gasteiger charge is -2.39. The molecule has 1 heterocycles. The van der Waals surface area contributed by atoms with Crippen molar-refractivity contribution in [1.82, 2.24) is 4.90 Å². The van der Waals surface area contributed by atoms with E-state index in [2.05, 4.69) is 25.8 Å². The Labute approximate surface area is 189 Å². The fraction of sp³-hybridized carbons (Fsp3) is 0.385. The number of likely N-dealkylation sites (N-methyl/N-ethyl adjacent to an activating group) is 1. The fourth-order valence-electron chi connectivity index (χ4n) is 4.98. The minimum atomic E-state index is 0.132. The molecule has 4 rings (SSSR count). The highest BCUT2D eigenvalue weighted by Gasteiger charge is 2.33. The first-order valence-electron chi connectivity index (χ1n) is 10.7. The summed E-state index contributed by atoms with van der Waals surface area (Å²) in [6.45, 7) is 4.37. The largest absolute Gasteiger partial charge is 0.507 e. The number of phenols is 1. The number of phenolic OH excluding ortho intramolecular Hbond substituents is 1. The molecule has 2 unspecified atom stereocenters. The molecule has 0 aromatic heterocycles. The summed E-state index contributed by atoms with van der Waals surface area (Å²) in [5.41, 5.74) is 3.55. The SMILES string of the molecule is COc1cc(OC)c2c(OC)cccc2c1-c1c(O)cc2c(c1OC)C(C)N(C)C(C)C2. The summed E-state index contributed by atoms with van der Waals surface area (Å²) in [6, 6.07) is 10.0. The van der Waals surface area contributed by atoms with E-state index < -0.39 is 0 Å². The average molecular weight is 438 g/mol. The maximum absolute atomic E-state index is 11.3. The van der Waals surface area contributed by atoms with Crippen molar-refractivity contribution in [3.8, 4) is 39.9 Å². The van der Waals surface area contributed by atoms with Crippen molar-refractivity contribution in [2.45, 2.75) is 32.4 Å². The molecular weight excluding hydrogens is 406 g/mol. The van der Waals surface area contributed by atoms with E-state index in [4.69, 9.17) is 18.9 Å². The number of rotatable bonds is 5. The van der Waals surface area contributed by atoms with E-state index in [0.717, 1.165) is 33.9 Å². The van der Waals surface area contributed by atoms with Gasteiger partial charge in [0.25, 0.3) is 0 Å². The van der Waals surface area contributed by atoms with Gasteiger partial charge in [0.05, 0.1) is 39.4 Å². The zero-order valence-corrected chi connectivity index (χ0v) is 19.8. The highest BCUT2D eigenvalue weighted by molar-refractivity contribution is 6.08. The van der Waals surface area contributed by atoms with Crippen molar-refractivity contribution < 1.29 is 24.1 Å². The molecule has 0 saturated heterocycles. The Kier molecular flexibility index (Phi) is 5.82. The zero-order valence-electron chi connectivity index (χ0n) is 19.8. The number of fused-ring (bicyclic) bond motifs is 2. The Morgan fingerprint density at radius 3 is 2.19 bits per heavy atom. The molecule has 6 nitrogen and oxygen atoms in total. The normalized spacial score (nSPS) is 18.3. The van der Waals surface area contributed by atoms with E-state index >= 15 is 0 Å². The average Bonchev–Trinajstić information content (AvgIpc) is 2.80. The highest BCUT2D eigenvalue weighted by atomic mass is 16.5. The van der Waals surface area contributed by atoms with E-state index in [1.165, 1.54) is 0 Å².